The first kappa shape index (κ1) is 9.89. The van der Waals surface area contributed by atoms with E-state index in [-0.39, 0.29) is 0 Å². The molecule has 0 unspecified atom stereocenters. The van der Waals surface area contributed by atoms with Crippen LogP contribution in [-0.4, -0.2) is 0 Å². The van der Waals surface area contributed by atoms with E-state index in [4.69, 9.17) is 0 Å². The van der Waals surface area contributed by atoms with E-state index in [9.17, 15) is 0 Å². The highest BCUT2D eigenvalue weighted by Gasteiger charge is 2.26. The zero-order valence-electron chi connectivity index (χ0n) is 10.6. The highest BCUT2D eigenvalue weighted by molar-refractivity contribution is 5.88. The van der Waals surface area contributed by atoms with Gasteiger partial charge in [-0.25, -0.2) is 0 Å². The first-order valence-electron chi connectivity index (χ1n) is 6.09. The Labute approximate surface area is 97.7 Å². The Hall–Kier alpha value is -1.30. The summed E-state index contributed by atoms with van der Waals surface area (Å²) in [7, 11) is 0. The molecule has 3 rings (SSSR count). The maximum atomic E-state index is 2.32. The fourth-order valence-electron chi connectivity index (χ4n) is 3.16. The number of benzene rings is 1. The lowest BCUT2D eigenvalue weighted by atomic mass is 9.88. The lowest BCUT2D eigenvalue weighted by Gasteiger charge is -2.17. The van der Waals surface area contributed by atoms with Gasteiger partial charge in [0.05, 0.1) is 0 Å². The molecule has 0 atom stereocenters. The van der Waals surface area contributed by atoms with Crippen LogP contribution in [0, 0.1) is 27.7 Å². The van der Waals surface area contributed by atoms with Crippen LogP contribution in [0.5, 0.6) is 0 Å². The van der Waals surface area contributed by atoms with Gasteiger partial charge in [-0.2, -0.15) is 0 Å². The second-order valence-electron chi connectivity index (χ2n) is 5.15. The Kier molecular flexibility index (Phi) is 1.92. The average molecular weight is 210 g/mol. The van der Waals surface area contributed by atoms with Crippen molar-refractivity contribution in [3.8, 4) is 0 Å². The van der Waals surface area contributed by atoms with Crippen LogP contribution < -0.4 is 0 Å². The Morgan fingerprint density at radius 2 is 1.56 bits per heavy atom. The van der Waals surface area contributed by atoms with Crippen LogP contribution in [0.3, 0.4) is 0 Å². The second kappa shape index (κ2) is 3.10. The molecule has 0 N–H and O–H groups in total. The molecular formula is C16H18. The molecule has 2 aliphatic carbocycles. The lowest BCUT2D eigenvalue weighted by Crippen LogP contribution is -2.00. The van der Waals surface area contributed by atoms with Gasteiger partial charge in [0, 0.05) is 0 Å². The number of hydrogen-bond acceptors (Lipinski definition) is 0. The van der Waals surface area contributed by atoms with E-state index >= 15 is 0 Å². The molecule has 0 spiro atoms. The molecule has 1 aromatic carbocycles. The molecular weight excluding hydrogens is 192 g/mol. The molecule has 0 bridgehead atoms. The Morgan fingerprint density at radius 3 is 2.31 bits per heavy atom. The molecule has 0 aliphatic heterocycles. The van der Waals surface area contributed by atoms with Gasteiger partial charge >= 0.3 is 0 Å². The van der Waals surface area contributed by atoms with Gasteiger partial charge < -0.3 is 0 Å². The van der Waals surface area contributed by atoms with Crippen molar-refractivity contribution < 1.29 is 0 Å². The smallest absolute Gasteiger partial charge is 0.00458 e. The average Bonchev–Trinajstić information content (AvgIpc) is 2.82. The second-order valence-corrected chi connectivity index (χ2v) is 5.15. The van der Waals surface area contributed by atoms with Crippen molar-refractivity contribution >= 4 is 5.57 Å². The van der Waals surface area contributed by atoms with Gasteiger partial charge in [-0.3, -0.25) is 0 Å². The fraction of sp³-hybridized carbons (Fsp3) is 0.375. The van der Waals surface area contributed by atoms with Crippen molar-refractivity contribution in [3.63, 3.8) is 0 Å². The van der Waals surface area contributed by atoms with E-state index in [1.807, 2.05) is 0 Å². The van der Waals surface area contributed by atoms with Crippen LogP contribution in [0.4, 0.5) is 0 Å². The largest absolute Gasteiger partial charge is 0.0798 e. The molecule has 0 nitrogen and oxygen atoms in total. The Bertz CT molecular complexity index is 554. The summed E-state index contributed by atoms with van der Waals surface area (Å²) in [5, 5.41) is 0. The highest BCUT2D eigenvalue weighted by atomic mass is 14.3. The van der Waals surface area contributed by atoms with Gasteiger partial charge in [0.15, 0.2) is 0 Å². The normalized spacial score (nSPS) is 17.0. The molecule has 0 fully saturated rings. The van der Waals surface area contributed by atoms with Crippen LogP contribution in [0.25, 0.3) is 5.57 Å². The molecule has 1 aromatic rings. The summed E-state index contributed by atoms with van der Waals surface area (Å²) < 4.78 is 0. The summed E-state index contributed by atoms with van der Waals surface area (Å²) in [6, 6.07) is 0. The molecule has 0 heteroatoms. The minimum Gasteiger partial charge on any atom is -0.0798 e. The summed E-state index contributed by atoms with van der Waals surface area (Å²) in [5.41, 5.74) is 12.3. The SMILES string of the molecule is Cc1c(C)c(C)c2c(c1C)CC1=C2C=CC1. The minimum absolute atomic E-state index is 1.17. The number of hydrogen-bond donors (Lipinski definition) is 0. The summed E-state index contributed by atoms with van der Waals surface area (Å²) >= 11 is 0. The third kappa shape index (κ3) is 1.05. The fourth-order valence-corrected chi connectivity index (χ4v) is 3.16. The van der Waals surface area contributed by atoms with E-state index in [1.54, 1.807) is 16.7 Å². The summed E-state index contributed by atoms with van der Waals surface area (Å²) in [4.78, 5) is 0. The minimum atomic E-state index is 1.17. The third-order valence-corrected chi connectivity index (χ3v) is 4.51. The van der Waals surface area contributed by atoms with E-state index in [2.05, 4.69) is 39.8 Å². The molecule has 0 aromatic heterocycles. The third-order valence-electron chi connectivity index (χ3n) is 4.51. The monoisotopic (exact) mass is 210 g/mol. The van der Waals surface area contributed by atoms with Crippen molar-refractivity contribution in [2.45, 2.75) is 40.5 Å². The van der Waals surface area contributed by atoms with Gasteiger partial charge in [0.25, 0.3) is 0 Å². The zero-order valence-corrected chi connectivity index (χ0v) is 10.6. The van der Waals surface area contributed by atoms with Crippen molar-refractivity contribution in [2.24, 2.45) is 0 Å². The summed E-state index contributed by atoms with van der Waals surface area (Å²) in [6.45, 7) is 9.08. The van der Waals surface area contributed by atoms with Crippen LogP contribution >= 0.6 is 0 Å². The van der Waals surface area contributed by atoms with Crippen molar-refractivity contribution in [1.82, 2.24) is 0 Å². The molecule has 0 saturated carbocycles. The molecule has 16 heavy (non-hydrogen) atoms. The Balaban J connectivity index is 2.36. The maximum Gasteiger partial charge on any atom is -0.00458 e. The quantitative estimate of drug-likeness (QED) is 0.602. The highest BCUT2D eigenvalue weighted by Crippen LogP contribution is 2.43. The van der Waals surface area contributed by atoms with Crippen molar-refractivity contribution in [3.05, 3.63) is 51.1 Å². The van der Waals surface area contributed by atoms with E-state index < -0.39 is 0 Å². The molecule has 2 aliphatic rings. The summed E-state index contributed by atoms with van der Waals surface area (Å²) in [5.74, 6) is 0. The summed E-state index contributed by atoms with van der Waals surface area (Å²) in [6.07, 6.45) is 6.98. The van der Waals surface area contributed by atoms with Gasteiger partial charge in [-0.05, 0) is 79.5 Å². The standard InChI is InChI=1S/C16H18/c1-9-10(2)12(4)16-14-7-5-6-13(14)8-15(16)11(9)3/h5,7H,6,8H2,1-4H3. The predicted molar refractivity (Wildman–Crippen MR) is 69.8 cm³/mol. The Morgan fingerprint density at radius 1 is 0.875 bits per heavy atom. The van der Waals surface area contributed by atoms with Crippen LogP contribution in [-0.2, 0) is 6.42 Å². The first-order chi connectivity index (χ1) is 7.61. The first-order valence-corrected chi connectivity index (χ1v) is 6.09. The topological polar surface area (TPSA) is 0 Å². The molecule has 82 valence electrons. The number of fused-ring (bicyclic) bond motifs is 2. The van der Waals surface area contributed by atoms with Gasteiger partial charge in [0.1, 0.15) is 0 Å². The predicted octanol–water partition coefficient (Wildman–Crippen LogP) is 4.19. The van der Waals surface area contributed by atoms with Crippen LogP contribution in [0.1, 0.15) is 39.8 Å². The van der Waals surface area contributed by atoms with Gasteiger partial charge in [-0.1, -0.05) is 17.7 Å². The zero-order chi connectivity index (χ0) is 11.4. The van der Waals surface area contributed by atoms with E-state index in [0.29, 0.717) is 0 Å². The van der Waals surface area contributed by atoms with Gasteiger partial charge in [0.2, 0.25) is 0 Å². The lowest BCUT2D eigenvalue weighted by molar-refractivity contribution is 1.07. The van der Waals surface area contributed by atoms with Crippen molar-refractivity contribution in [1.29, 1.82) is 0 Å². The maximum absolute atomic E-state index is 2.32. The molecule has 0 radical (unpaired) electrons. The molecule has 0 amide bonds. The van der Waals surface area contributed by atoms with Crippen LogP contribution in [0.15, 0.2) is 17.7 Å². The van der Waals surface area contributed by atoms with Crippen LogP contribution in [0.2, 0.25) is 0 Å². The van der Waals surface area contributed by atoms with Crippen molar-refractivity contribution in [2.75, 3.05) is 0 Å². The van der Waals surface area contributed by atoms with Gasteiger partial charge in [-0.15, -0.1) is 0 Å². The number of rotatable bonds is 0. The number of allylic oxidation sites excluding steroid dienone is 4. The van der Waals surface area contributed by atoms with E-state index in [0.717, 1.165) is 0 Å². The van der Waals surface area contributed by atoms with E-state index in [1.165, 1.54) is 40.7 Å². The molecule has 0 saturated heterocycles. The molecule has 0 heterocycles.